The lowest BCUT2D eigenvalue weighted by Crippen LogP contribution is -2.46. The first kappa shape index (κ1) is 18.2. The summed E-state index contributed by atoms with van der Waals surface area (Å²) in [6, 6.07) is 7.07. The molecular formula is C17H24ClFN2O2. The maximum absolute atomic E-state index is 12.9. The molecule has 6 heteroatoms. The van der Waals surface area contributed by atoms with Crippen molar-refractivity contribution in [3.05, 3.63) is 35.6 Å². The minimum Gasteiger partial charge on any atom is -0.378 e. The summed E-state index contributed by atoms with van der Waals surface area (Å²) in [4.78, 5) is 14.5. The lowest BCUT2D eigenvalue weighted by Gasteiger charge is -2.28. The highest BCUT2D eigenvalue weighted by atomic mass is 35.5. The molecule has 0 spiro atoms. The van der Waals surface area contributed by atoms with Crippen molar-refractivity contribution in [2.75, 3.05) is 26.3 Å². The molecule has 0 radical (unpaired) electrons. The van der Waals surface area contributed by atoms with Gasteiger partial charge in [0.2, 0.25) is 5.91 Å². The summed E-state index contributed by atoms with van der Waals surface area (Å²) in [5, 5.41) is 3.33. The van der Waals surface area contributed by atoms with E-state index < -0.39 is 0 Å². The van der Waals surface area contributed by atoms with Crippen LogP contribution in [0.4, 0.5) is 4.39 Å². The third kappa shape index (κ3) is 5.44. The van der Waals surface area contributed by atoms with Gasteiger partial charge < -0.3 is 15.0 Å². The van der Waals surface area contributed by atoms with Crippen molar-refractivity contribution in [1.29, 1.82) is 0 Å². The van der Waals surface area contributed by atoms with Crippen molar-refractivity contribution < 1.29 is 13.9 Å². The molecular weight excluding hydrogens is 319 g/mol. The molecule has 1 amide bonds. The van der Waals surface area contributed by atoms with E-state index in [-0.39, 0.29) is 30.2 Å². The average Bonchev–Trinajstić information content (AvgIpc) is 3.35. The van der Waals surface area contributed by atoms with Crippen LogP contribution in [-0.2, 0) is 16.0 Å². The number of ether oxygens (including phenoxy) is 1. The van der Waals surface area contributed by atoms with Crippen LogP contribution in [0.5, 0.6) is 0 Å². The Bertz CT molecular complexity index is 502. The molecule has 2 aliphatic rings. The summed E-state index contributed by atoms with van der Waals surface area (Å²) in [5.41, 5.74) is 1.07. The molecule has 1 aliphatic carbocycles. The minimum atomic E-state index is -0.220. The van der Waals surface area contributed by atoms with Crippen LogP contribution in [0.1, 0.15) is 24.8 Å². The zero-order chi connectivity index (χ0) is 15.4. The fraction of sp³-hybridized carbons (Fsp3) is 0.588. The Kier molecular flexibility index (Phi) is 6.81. The second-order valence-electron chi connectivity index (χ2n) is 6.12. The number of rotatable bonds is 6. The van der Waals surface area contributed by atoms with Gasteiger partial charge in [-0.2, -0.15) is 0 Å². The summed E-state index contributed by atoms with van der Waals surface area (Å²) < 4.78 is 18.3. The van der Waals surface area contributed by atoms with E-state index in [1.807, 2.05) is 4.90 Å². The second-order valence-corrected chi connectivity index (χ2v) is 6.12. The standard InChI is InChI=1S/C17H23FN2O2.ClH/c18-14-3-1-13(2-4-14)7-9-20(16-5-6-16)17(21)11-15-12-22-10-8-19-15;/h1-4,15-16,19H,5-12H2;1H. The lowest BCUT2D eigenvalue weighted by atomic mass is 10.1. The van der Waals surface area contributed by atoms with Gasteiger partial charge in [0, 0.05) is 31.6 Å². The number of hydrogen-bond donors (Lipinski definition) is 1. The highest BCUT2D eigenvalue weighted by Crippen LogP contribution is 2.28. The number of nitrogens with one attached hydrogen (secondary N) is 1. The molecule has 1 atom stereocenters. The van der Waals surface area contributed by atoms with Crippen LogP contribution in [0.2, 0.25) is 0 Å². The molecule has 1 saturated heterocycles. The number of carbonyl (C=O) groups excluding carboxylic acids is 1. The van der Waals surface area contributed by atoms with Crippen molar-refractivity contribution in [3.63, 3.8) is 0 Å². The number of benzene rings is 1. The Morgan fingerprint density at radius 1 is 1.30 bits per heavy atom. The molecule has 1 aromatic rings. The van der Waals surface area contributed by atoms with Crippen LogP contribution >= 0.6 is 12.4 Å². The first-order chi connectivity index (χ1) is 10.7. The number of carbonyl (C=O) groups is 1. The van der Waals surface area contributed by atoms with Crippen molar-refractivity contribution in [1.82, 2.24) is 10.2 Å². The van der Waals surface area contributed by atoms with Gasteiger partial charge in [-0.25, -0.2) is 4.39 Å². The Morgan fingerprint density at radius 2 is 2.04 bits per heavy atom. The number of nitrogens with zero attached hydrogens (tertiary/aromatic N) is 1. The predicted molar refractivity (Wildman–Crippen MR) is 89.3 cm³/mol. The van der Waals surface area contributed by atoms with Gasteiger partial charge in [-0.3, -0.25) is 4.79 Å². The summed E-state index contributed by atoms with van der Waals surface area (Å²) >= 11 is 0. The average molecular weight is 343 g/mol. The number of amides is 1. The van der Waals surface area contributed by atoms with Crippen LogP contribution in [-0.4, -0.2) is 49.2 Å². The quantitative estimate of drug-likeness (QED) is 0.861. The van der Waals surface area contributed by atoms with Gasteiger partial charge in [0.15, 0.2) is 0 Å². The zero-order valence-electron chi connectivity index (χ0n) is 13.2. The van der Waals surface area contributed by atoms with Gasteiger partial charge in [0.05, 0.1) is 13.2 Å². The Balaban J connectivity index is 0.00000192. The Hall–Kier alpha value is -1.17. The molecule has 1 aliphatic heterocycles. The van der Waals surface area contributed by atoms with E-state index >= 15 is 0 Å². The highest BCUT2D eigenvalue weighted by molar-refractivity contribution is 5.85. The van der Waals surface area contributed by atoms with Crippen LogP contribution < -0.4 is 5.32 Å². The summed E-state index contributed by atoms with van der Waals surface area (Å²) in [7, 11) is 0. The van der Waals surface area contributed by atoms with Crippen molar-refractivity contribution in [2.45, 2.75) is 37.8 Å². The van der Waals surface area contributed by atoms with Crippen molar-refractivity contribution in [3.8, 4) is 0 Å². The summed E-state index contributed by atoms with van der Waals surface area (Å²) in [6.07, 6.45) is 3.48. The topological polar surface area (TPSA) is 41.6 Å². The van der Waals surface area contributed by atoms with Crippen LogP contribution in [0, 0.1) is 5.82 Å². The molecule has 128 valence electrons. The minimum absolute atomic E-state index is 0. The van der Waals surface area contributed by atoms with E-state index in [0.29, 0.717) is 25.6 Å². The Labute approximate surface area is 142 Å². The fourth-order valence-electron chi connectivity index (χ4n) is 2.88. The summed E-state index contributed by atoms with van der Waals surface area (Å²) in [6.45, 7) is 2.86. The summed E-state index contributed by atoms with van der Waals surface area (Å²) in [5.74, 6) is -0.0186. The van der Waals surface area contributed by atoms with Crippen LogP contribution in [0.3, 0.4) is 0 Å². The number of halogens is 2. The van der Waals surface area contributed by atoms with E-state index in [1.165, 1.54) is 12.1 Å². The molecule has 3 rings (SSSR count). The van der Waals surface area contributed by atoms with Gasteiger partial charge in [0.25, 0.3) is 0 Å². The molecule has 4 nitrogen and oxygen atoms in total. The fourth-order valence-corrected chi connectivity index (χ4v) is 2.88. The smallest absolute Gasteiger partial charge is 0.224 e. The van der Waals surface area contributed by atoms with E-state index in [4.69, 9.17) is 4.74 Å². The van der Waals surface area contributed by atoms with Gasteiger partial charge >= 0.3 is 0 Å². The van der Waals surface area contributed by atoms with Gasteiger partial charge in [-0.15, -0.1) is 12.4 Å². The van der Waals surface area contributed by atoms with Crippen molar-refractivity contribution >= 4 is 18.3 Å². The lowest BCUT2D eigenvalue weighted by molar-refractivity contribution is -0.133. The van der Waals surface area contributed by atoms with E-state index in [9.17, 15) is 9.18 Å². The largest absolute Gasteiger partial charge is 0.378 e. The SMILES string of the molecule is Cl.O=C(CC1COCCN1)N(CCc1ccc(F)cc1)C1CC1. The third-order valence-electron chi connectivity index (χ3n) is 4.28. The van der Waals surface area contributed by atoms with Gasteiger partial charge in [-0.1, -0.05) is 12.1 Å². The monoisotopic (exact) mass is 342 g/mol. The van der Waals surface area contributed by atoms with E-state index in [2.05, 4.69) is 5.32 Å². The molecule has 1 unspecified atom stereocenters. The second kappa shape index (κ2) is 8.62. The van der Waals surface area contributed by atoms with E-state index in [0.717, 1.165) is 38.0 Å². The van der Waals surface area contributed by atoms with Gasteiger partial charge in [-0.05, 0) is 37.0 Å². The molecule has 2 fully saturated rings. The molecule has 0 bridgehead atoms. The number of hydrogen-bond acceptors (Lipinski definition) is 3. The van der Waals surface area contributed by atoms with Gasteiger partial charge in [0.1, 0.15) is 5.82 Å². The third-order valence-corrected chi connectivity index (χ3v) is 4.28. The maximum Gasteiger partial charge on any atom is 0.224 e. The van der Waals surface area contributed by atoms with Crippen molar-refractivity contribution in [2.24, 2.45) is 0 Å². The molecule has 1 heterocycles. The maximum atomic E-state index is 12.9. The molecule has 0 aromatic heterocycles. The molecule has 23 heavy (non-hydrogen) atoms. The first-order valence-electron chi connectivity index (χ1n) is 8.07. The zero-order valence-corrected chi connectivity index (χ0v) is 14.0. The molecule has 1 saturated carbocycles. The van der Waals surface area contributed by atoms with Crippen LogP contribution in [0.15, 0.2) is 24.3 Å². The van der Waals surface area contributed by atoms with Crippen LogP contribution in [0.25, 0.3) is 0 Å². The predicted octanol–water partition coefficient (Wildman–Crippen LogP) is 2.16. The first-order valence-corrected chi connectivity index (χ1v) is 8.07. The molecule has 1 aromatic carbocycles. The van der Waals surface area contributed by atoms with E-state index in [1.54, 1.807) is 12.1 Å². The highest BCUT2D eigenvalue weighted by Gasteiger charge is 2.33. The Morgan fingerprint density at radius 3 is 2.65 bits per heavy atom. The number of morpholine rings is 1. The normalized spacial score (nSPS) is 20.7. The molecule has 1 N–H and O–H groups in total.